The Morgan fingerprint density at radius 1 is 1.45 bits per heavy atom. The highest BCUT2D eigenvalue weighted by Crippen LogP contribution is 2.42. The Kier molecular flexibility index (Phi) is 5.99. The summed E-state index contributed by atoms with van der Waals surface area (Å²) in [5, 5.41) is 4.17. The van der Waals surface area contributed by atoms with Crippen molar-refractivity contribution >= 4 is 23.5 Å². The zero-order valence-corrected chi connectivity index (χ0v) is 13.9. The predicted molar refractivity (Wildman–Crippen MR) is 88.6 cm³/mol. The van der Waals surface area contributed by atoms with Crippen LogP contribution in [-0.4, -0.2) is 32.8 Å². The average Bonchev–Trinajstić information content (AvgIpc) is 2.44. The van der Waals surface area contributed by atoms with Crippen molar-refractivity contribution in [2.45, 2.75) is 50.3 Å². The third-order valence-electron chi connectivity index (χ3n) is 3.23. The maximum absolute atomic E-state index is 11.9. The molecule has 0 aromatic carbocycles. The van der Waals surface area contributed by atoms with Gasteiger partial charge in [0.1, 0.15) is 5.82 Å². The summed E-state index contributed by atoms with van der Waals surface area (Å²) in [6, 6.07) is 1.99. The second-order valence-corrected chi connectivity index (χ2v) is 7.86. The second kappa shape index (κ2) is 7.52. The molecule has 4 nitrogen and oxygen atoms in total. The van der Waals surface area contributed by atoms with E-state index >= 15 is 0 Å². The summed E-state index contributed by atoms with van der Waals surface area (Å²) in [5.41, 5.74) is 0.796. The quantitative estimate of drug-likeness (QED) is 0.875. The van der Waals surface area contributed by atoms with E-state index in [4.69, 9.17) is 0 Å². The smallest absolute Gasteiger partial charge is 0.251 e. The predicted octanol–water partition coefficient (Wildman–Crippen LogP) is 2.57. The first-order valence-electron chi connectivity index (χ1n) is 7.17. The van der Waals surface area contributed by atoms with Gasteiger partial charge < -0.3 is 10.3 Å². The van der Waals surface area contributed by atoms with E-state index in [1.165, 1.54) is 5.75 Å². The number of nitrogens with one attached hydrogen (secondary N) is 2. The topological polar surface area (TPSA) is 57.8 Å². The number of aromatic nitrogens is 2. The Bertz CT molecular complexity index is 490. The Labute approximate surface area is 128 Å². The molecule has 1 aliphatic heterocycles. The van der Waals surface area contributed by atoms with E-state index < -0.39 is 0 Å². The van der Waals surface area contributed by atoms with Gasteiger partial charge in [-0.25, -0.2) is 4.98 Å². The Balaban J connectivity index is 2.19. The van der Waals surface area contributed by atoms with Crippen molar-refractivity contribution in [1.29, 1.82) is 0 Å². The van der Waals surface area contributed by atoms with Crippen LogP contribution in [0.2, 0.25) is 0 Å². The highest BCUT2D eigenvalue weighted by Gasteiger charge is 2.28. The first-order chi connectivity index (χ1) is 9.60. The summed E-state index contributed by atoms with van der Waals surface area (Å²) in [7, 11) is 0. The average molecular weight is 313 g/mol. The Hall–Kier alpha value is -0.460. The lowest BCUT2D eigenvalue weighted by molar-refractivity contribution is 0.577. The molecular weight excluding hydrogens is 290 g/mol. The fourth-order valence-electron chi connectivity index (χ4n) is 2.22. The number of hydrogen-bond acceptors (Lipinski definition) is 5. The minimum Gasteiger partial charge on any atom is -0.310 e. The maximum Gasteiger partial charge on any atom is 0.251 e. The number of aromatic amines is 1. The molecule has 0 radical (unpaired) electrons. The van der Waals surface area contributed by atoms with Crippen molar-refractivity contribution in [2.75, 3.05) is 11.5 Å². The molecule has 2 atom stereocenters. The van der Waals surface area contributed by atoms with Gasteiger partial charge in [-0.1, -0.05) is 20.8 Å². The summed E-state index contributed by atoms with van der Waals surface area (Å²) in [4.78, 5) is 19.5. The molecule has 112 valence electrons. The highest BCUT2D eigenvalue weighted by molar-refractivity contribution is 8.06. The number of H-pyrrole nitrogens is 1. The van der Waals surface area contributed by atoms with Gasteiger partial charge in [0.15, 0.2) is 0 Å². The second-order valence-electron chi connectivity index (χ2n) is 5.27. The lowest BCUT2D eigenvalue weighted by Gasteiger charge is -2.29. The molecule has 0 bridgehead atoms. The Morgan fingerprint density at radius 2 is 2.20 bits per heavy atom. The van der Waals surface area contributed by atoms with Crippen LogP contribution in [0.15, 0.2) is 10.9 Å². The molecule has 2 N–H and O–H groups in total. The van der Waals surface area contributed by atoms with Crippen molar-refractivity contribution in [1.82, 2.24) is 15.3 Å². The maximum atomic E-state index is 11.9. The summed E-state index contributed by atoms with van der Waals surface area (Å²) in [6.07, 6.45) is 1.11. The molecule has 1 aliphatic rings. The van der Waals surface area contributed by atoms with E-state index in [0.717, 1.165) is 23.7 Å². The lowest BCUT2D eigenvalue weighted by Crippen LogP contribution is -2.27. The van der Waals surface area contributed by atoms with Crippen molar-refractivity contribution in [3.8, 4) is 0 Å². The molecule has 1 aromatic rings. The zero-order chi connectivity index (χ0) is 14.5. The van der Waals surface area contributed by atoms with Gasteiger partial charge in [-0.15, -0.1) is 11.8 Å². The molecule has 2 unspecified atom stereocenters. The zero-order valence-electron chi connectivity index (χ0n) is 12.3. The molecule has 6 heteroatoms. The van der Waals surface area contributed by atoms with E-state index in [2.05, 4.69) is 36.1 Å². The minimum atomic E-state index is -0.0402. The monoisotopic (exact) mass is 313 g/mol. The van der Waals surface area contributed by atoms with E-state index in [0.29, 0.717) is 23.1 Å². The molecule has 1 fully saturated rings. The van der Waals surface area contributed by atoms with Crippen LogP contribution in [-0.2, 0) is 6.54 Å². The van der Waals surface area contributed by atoms with Crippen LogP contribution in [0.25, 0.3) is 0 Å². The molecule has 1 saturated heterocycles. The third kappa shape index (κ3) is 4.27. The van der Waals surface area contributed by atoms with Crippen LogP contribution < -0.4 is 10.9 Å². The van der Waals surface area contributed by atoms with Crippen LogP contribution >= 0.6 is 23.5 Å². The summed E-state index contributed by atoms with van der Waals surface area (Å²) in [5.74, 6) is 3.17. The first kappa shape index (κ1) is 15.9. The van der Waals surface area contributed by atoms with Gasteiger partial charge in [-0.3, -0.25) is 4.79 Å². The number of nitrogens with zero attached hydrogens (tertiary/aromatic N) is 1. The standard InChI is InChI=1S/C14H23N3OS2/c1-4-11-13(20-6-5-19-11)14-16-10(7-12(18)17-14)8-15-9(2)3/h7,9,11,13,15H,4-6,8H2,1-3H3,(H,16,17,18). The normalized spacial score (nSPS) is 23.2. The molecule has 2 rings (SSSR count). The van der Waals surface area contributed by atoms with Gasteiger partial charge in [0.25, 0.3) is 5.56 Å². The van der Waals surface area contributed by atoms with E-state index in [9.17, 15) is 4.79 Å². The van der Waals surface area contributed by atoms with Crippen molar-refractivity contribution in [3.05, 3.63) is 27.9 Å². The summed E-state index contributed by atoms with van der Waals surface area (Å²) in [6.45, 7) is 7.04. The van der Waals surface area contributed by atoms with E-state index in [1.807, 2.05) is 23.5 Å². The number of hydrogen-bond donors (Lipinski definition) is 2. The van der Waals surface area contributed by atoms with Gasteiger partial charge in [0, 0.05) is 35.4 Å². The summed E-state index contributed by atoms with van der Waals surface area (Å²) < 4.78 is 0. The highest BCUT2D eigenvalue weighted by atomic mass is 32.2. The van der Waals surface area contributed by atoms with Crippen LogP contribution in [0.4, 0.5) is 0 Å². The minimum absolute atomic E-state index is 0.0402. The largest absolute Gasteiger partial charge is 0.310 e. The SMILES string of the molecule is CCC1SCCSC1c1nc(CNC(C)C)cc(=O)[nH]1. The Morgan fingerprint density at radius 3 is 2.90 bits per heavy atom. The molecule has 1 aromatic heterocycles. The van der Waals surface area contributed by atoms with Gasteiger partial charge in [0.2, 0.25) is 0 Å². The fraction of sp³-hybridized carbons (Fsp3) is 0.714. The molecule has 0 amide bonds. The molecule has 0 saturated carbocycles. The molecule has 2 heterocycles. The fourth-order valence-corrected chi connectivity index (χ4v) is 5.23. The van der Waals surface area contributed by atoms with Crippen LogP contribution in [0.3, 0.4) is 0 Å². The van der Waals surface area contributed by atoms with E-state index in [-0.39, 0.29) is 5.56 Å². The van der Waals surface area contributed by atoms with Gasteiger partial charge in [-0.2, -0.15) is 11.8 Å². The van der Waals surface area contributed by atoms with Crippen LogP contribution in [0.1, 0.15) is 44.0 Å². The van der Waals surface area contributed by atoms with Crippen molar-refractivity contribution < 1.29 is 0 Å². The molecule has 20 heavy (non-hydrogen) atoms. The third-order valence-corrected chi connectivity index (χ3v) is 6.48. The van der Waals surface area contributed by atoms with Crippen LogP contribution in [0.5, 0.6) is 0 Å². The molecule has 0 aliphatic carbocycles. The van der Waals surface area contributed by atoms with Gasteiger partial charge in [0.05, 0.1) is 10.9 Å². The lowest BCUT2D eigenvalue weighted by atomic mass is 10.2. The number of rotatable bonds is 5. The first-order valence-corrected chi connectivity index (χ1v) is 9.26. The van der Waals surface area contributed by atoms with E-state index in [1.54, 1.807) is 6.07 Å². The van der Waals surface area contributed by atoms with Crippen molar-refractivity contribution in [2.24, 2.45) is 0 Å². The van der Waals surface area contributed by atoms with Gasteiger partial charge in [-0.05, 0) is 6.42 Å². The summed E-state index contributed by atoms with van der Waals surface area (Å²) >= 11 is 3.91. The van der Waals surface area contributed by atoms with Crippen molar-refractivity contribution in [3.63, 3.8) is 0 Å². The van der Waals surface area contributed by atoms with Gasteiger partial charge >= 0.3 is 0 Å². The molecule has 0 spiro atoms. The van der Waals surface area contributed by atoms with Crippen LogP contribution in [0, 0.1) is 0 Å². The molecular formula is C14H23N3OS2. The number of thioether (sulfide) groups is 2.